The molecular weight excluding hydrogens is 216 g/mol. The van der Waals surface area contributed by atoms with Crippen LogP contribution >= 0.6 is 0 Å². The van der Waals surface area contributed by atoms with E-state index in [-0.39, 0.29) is 0 Å². The first-order valence-corrected chi connectivity index (χ1v) is 6.05. The summed E-state index contributed by atoms with van der Waals surface area (Å²) in [5.41, 5.74) is 5.18. The van der Waals surface area contributed by atoms with E-state index in [1.54, 1.807) is 6.07 Å². The van der Waals surface area contributed by atoms with Crippen LogP contribution in [0.25, 0.3) is 0 Å². The highest BCUT2D eigenvalue weighted by atomic mass is 16.3. The lowest BCUT2D eigenvalue weighted by Crippen LogP contribution is -2.29. The van der Waals surface area contributed by atoms with Gasteiger partial charge in [-0.3, -0.25) is 0 Å². The Labute approximate surface area is 102 Å². The van der Waals surface area contributed by atoms with E-state index in [0.29, 0.717) is 11.6 Å². The Bertz CT molecular complexity index is 385. The fourth-order valence-corrected chi connectivity index (χ4v) is 2.23. The van der Waals surface area contributed by atoms with Crippen LogP contribution in [0, 0.1) is 6.92 Å². The van der Waals surface area contributed by atoms with E-state index in [9.17, 15) is 5.11 Å². The lowest BCUT2D eigenvalue weighted by Gasteiger charge is -2.23. The van der Waals surface area contributed by atoms with Gasteiger partial charge < -0.3 is 15.7 Å². The summed E-state index contributed by atoms with van der Waals surface area (Å²) in [5.74, 6) is 2.06. The maximum Gasteiger partial charge on any atom is 0.134 e. The van der Waals surface area contributed by atoms with Crippen molar-refractivity contribution in [1.29, 1.82) is 0 Å². The van der Waals surface area contributed by atoms with Crippen molar-refractivity contribution in [3.63, 3.8) is 0 Å². The molecule has 1 aliphatic rings. The first kappa shape index (κ1) is 12.1. The molecule has 5 nitrogen and oxygen atoms in total. The van der Waals surface area contributed by atoms with Gasteiger partial charge in [0.15, 0.2) is 0 Å². The minimum atomic E-state index is -0.553. The van der Waals surface area contributed by atoms with Gasteiger partial charge in [0.05, 0.1) is 5.60 Å². The van der Waals surface area contributed by atoms with Gasteiger partial charge in [0.1, 0.15) is 17.5 Å². The van der Waals surface area contributed by atoms with Crippen molar-refractivity contribution in [2.45, 2.75) is 38.7 Å². The summed E-state index contributed by atoms with van der Waals surface area (Å²) in [4.78, 5) is 10.6. The second-order valence-corrected chi connectivity index (χ2v) is 5.04. The standard InChI is InChI=1S/C12H20N4O/c1-9-14-10(13)8-11(15-9)16-6-3-4-12(2,17)5-7-16/h8,17H,3-7H2,1-2H3,(H2,13,14,15). The van der Waals surface area contributed by atoms with Crippen LogP contribution in [0.2, 0.25) is 0 Å². The van der Waals surface area contributed by atoms with Crippen LogP contribution in [-0.2, 0) is 0 Å². The molecule has 0 saturated carbocycles. The summed E-state index contributed by atoms with van der Waals surface area (Å²) in [6, 6.07) is 1.80. The summed E-state index contributed by atoms with van der Waals surface area (Å²) in [5, 5.41) is 10.0. The predicted molar refractivity (Wildman–Crippen MR) is 67.9 cm³/mol. The minimum Gasteiger partial charge on any atom is -0.390 e. The topological polar surface area (TPSA) is 75.3 Å². The third-order valence-electron chi connectivity index (χ3n) is 3.23. The average Bonchev–Trinajstić information content (AvgIpc) is 2.38. The van der Waals surface area contributed by atoms with E-state index >= 15 is 0 Å². The van der Waals surface area contributed by atoms with Gasteiger partial charge in [0, 0.05) is 19.2 Å². The Hall–Kier alpha value is -1.36. The molecule has 1 aromatic heterocycles. The predicted octanol–water partition coefficient (Wildman–Crippen LogP) is 1.11. The van der Waals surface area contributed by atoms with Gasteiger partial charge >= 0.3 is 0 Å². The molecule has 0 bridgehead atoms. The third-order valence-corrected chi connectivity index (χ3v) is 3.23. The zero-order chi connectivity index (χ0) is 12.5. The number of aliphatic hydroxyl groups is 1. The molecule has 0 radical (unpaired) electrons. The minimum absolute atomic E-state index is 0.503. The smallest absolute Gasteiger partial charge is 0.134 e. The molecule has 1 fully saturated rings. The van der Waals surface area contributed by atoms with Crippen molar-refractivity contribution >= 4 is 11.6 Å². The van der Waals surface area contributed by atoms with Gasteiger partial charge in [0.25, 0.3) is 0 Å². The molecule has 1 atom stereocenters. The Morgan fingerprint density at radius 1 is 1.35 bits per heavy atom. The van der Waals surface area contributed by atoms with E-state index in [0.717, 1.165) is 38.2 Å². The zero-order valence-corrected chi connectivity index (χ0v) is 10.5. The van der Waals surface area contributed by atoms with Crippen LogP contribution in [-0.4, -0.2) is 33.8 Å². The number of hydrogen-bond donors (Lipinski definition) is 2. The van der Waals surface area contributed by atoms with Crippen molar-refractivity contribution < 1.29 is 5.11 Å². The second kappa shape index (κ2) is 4.49. The summed E-state index contributed by atoms with van der Waals surface area (Å²) in [6.45, 7) is 5.46. The van der Waals surface area contributed by atoms with Crippen LogP contribution < -0.4 is 10.6 Å². The summed E-state index contributed by atoms with van der Waals surface area (Å²) < 4.78 is 0. The molecule has 0 amide bonds. The largest absolute Gasteiger partial charge is 0.390 e. The van der Waals surface area contributed by atoms with E-state index < -0.39 is 5.60 Å². The van der Waals surface area contributed by atoms with Gasteiger partial charge in [0.2, 0.25) is 0 Å². The van der Waals surface area contributed by atoms with Gasteiger partial charge in [-0.05, 0) is 33.1 Å². The molecule has 2 rings (SSSR count). The molecule has 1 aliphatic heterocycles. The fraction of sp³-hybridized carbons (Fsp3) is 0.667. The molecule has 3 N–H and O–H groups in total. The summed E-state index contributed by atoms with van der Waals surface area (Å²) in [6.07, 6.45) is 2.56. The number of rotatable bonds is 1. The van der Waals surface area contributed by atoms with Gasteiger partial charge in [-0.2, -0.15) is 0 Å². The average molecular weight is 236 g/mol. The number of nitrogens with zero attached hydrogens (tertiary/aromatic N) is 3. The Balaban J connectivity index is 2.17. The van der Waals surface area contributed by atoms with Crippen LogP contribution in [0.15, 0.2) is 6.07 Å². The lowest BCUT2D eigenvalue weighted by atomic mass is 9.98. The van der Waals surface area contributed by atoms with Crippen LogP contribution in [0.4, 0.5) is 11.6 Å². The van der Waals surface area contributed by atoms with Crippen molar-refractivity contribution in [2.75, 3.05) is 23.7 Å². The van der Waals surface area contributed by atoms with E-state index in [1.165, 1.54) is 0 Å². The number of aromatic nitrogens is 2. The van der Waals surface area contributed by atoms with E-state index in [4.69, 9.17) is 5.73 Å². The van der Waals surface area contributed by atoms with Crippen molar-refractivity contribution in [3.05, 3.63) is 11.9 Å². The number of anilines is 2. The lowest BCUT2D eigenvalue weighted by molar-refractivity contribution is 0.0481. The fourth-order valence-electron chi connectivity index (χ4n) is 2.23. The highest BCUT2D eigenvalue weighted by Gasteiger charge is 2.25. The molecule has 94 valence electrons. The molecule has 2 heterocycles. The SMILES string of the molecule is Cc1nc(N)cc(N2CCCC(C)(O)CC2)n1. The van der Waals surface area contributed by atoms with Crippen LogP contribution in [0.3, 0.4) is 0 Å². The van der Waals surface area contributed by atoms with Crippen molar-refractivity contribution in [2.24, 2.45) is 0 Å². The normalized spacial score (nSPS) is 25.7. The van der Waals surface area contributed by atoms with E-state index in [1.807, 2.05) is 13.8 Å². The van der Waals surface area contributed by atoms with Crippen molar-refractivity contribution in [1.82, 2.24) is 9.97 Å². The molecule has 0 aromatic carbocycles. The summed E-state index contributed by atoms with van der Waals surface area (Å²) in [7, 11) is 0. The molecule has 1 unspecified atom stereocenters. The van der Waals surface area contributed by atoms with Crippen LogP contribution in [0.1, 0.15) is 32.0 Å². The number of nitrogens with two attached hydrogens (primary N) is 1. The summed E-state index contributed by atoms with van der Waals surface area (Å²) >= 11 is 0. The monoisotopic (exact) mass is 236 g/mol. The van der Waals surface area contributed by atoms with Gasteiger partial charge in [-0.15, -0.1) is 0 Å². The number of nitrogen functional groups attached to an aromatic ring is 1. The molecule has 1 saturated heterocycles. The molecule has 17 heavy (non-hydrogen) atoms. The van der Waals surface area contributed by atoms with Gasteiger partial charge in [-0.1, -0.05) is 0 Å². The zero-order valence-electron chi connectivity index (χ0n) is 10.5. The number of aryl methyl sites for hydroxylation is 1. The Morgan fingerprint density at radius 2 is 2.12 bits per heavy atom. The maximum atomic E-state index is 10.0. The molecule has 0 aliphatic carbocycles. The molecular formula is C12H20N4O. The second-order valence-electron chi connectivity index (χ2n) is 5.04. The molecule has 1 aromatic rings. The van der Waals surface area contributed by atoms with Crippen LogP contribution in [0.5, 0.6) is 0 Å². The van der Waals surface area contributed by atoms with Gasteiger partial charge in [-0.25, -0.2) is 9.97 Å². The van der Waals surface area contributed by atoms with E-state index in [2.05, 4.69) is 14.9 Å². The first-order valence-electron chi connectivity index (χ1n) is 6.05. The highest BCUT2D eigenvalue weighted by Crippen LogP contribution is 2.24. The quantitative estimate of drug-likeness (QED) is 0.764. The maximum absolute atomic E-state index is 10.0. The highest BCUT2D eigenvalue weighted by molar-refractivity contribution is 5.47. The van der Waals surface area contributed by atoms with Crippen molar-refractivity contribution in [3.8, 4) is 0 Å². The Morgan fingerprint density at radius 3 is 2.82 bits per heavy atom. The first-order chi connectivity index (χ1) is 7.96. The molecule has 0 spiro atoms. The Kier molecular flexibility index (Phi) is 3.19. The number of hydrogen-bond acceptors (Lipinski definition) is 5. The third kappa shape index (κ3) is 3.06. The molecule has 5 heteroatoms.